The van der Waals surface area contributed by atoms with Crippen LogP contribution in [0, 0.1) is 6.92 Å². The fraction of sp³-hybridized carbons (Fsp3) is 0.435. The molecule has 0 radical (unpaired) electrons. The zero-order valence-electron chi connectivity index (χ0n) is 18.0. The van der Waals surface area contributed by atoms with Gasteiger partial charge in [-0.1, -0.05) is 19.1 Å². The molecule has 0 bridgehead atoms. The topological polar surface area (TPSA) is 74.8 Å². The molecular formula is C23H30N4O3. The number of amides is 1. The average Bonchev–Trinajstić information content (AvgIpc) is 2.75. The van der Waals surface area contributed by atoms with Crippen molar-refractivity contribution in [2.24, 2.45) is 0 Å². The van der Waals surface area contributed by atoms with Crippen molar-refractivity contribution in [3.05, 3.63) is 58.9 Å². The second-order valence-electron chi connectivity index (χ2n) is 7.41. The van der Waals surface area contributed by atoms with E-state index in [1.54, 1.807) is 26.0 Å². The Morgan fingerprint density at radius 3 is 2.27 bits per heavy atom. The molecule has 0 spiro atoms. The number of carbonyl (C=O) groups excluding carboxylic acids is 2. The van der Waals surface area contributed by atoms with Gasteiger partial charge in [0.15, 0.2) is 0 Å². The predicted molar refractivity (Wildman–Crippen MR) is 117 cm³/mol. The molecular weight excluding hydrogens is 380 g/mol. The first-order chi connectivity index (χ1) is 14.5. The highest BCUT2D eigenvalue weighted by Crippen LogP contribution is 2.15. The second kappa shape index (κ2) is 10.3. The summed E-state index contributed by atoms with van der Waals surface area (Å²) in [5.41, 5.74) is 3.05. The zero-order chi connectivity index (χ0) is 21.5. The van der Waals surface area contributed by atoms with Crippen LogP contribution >= 0.6 is 0 Å². The summed E-state index contributed by atoms with van der Waals surface area (Å²) in [5, 5.41) is 2.87. The number of hydrogen-bond donors (Lipinski definition) is 1. The quantitative estimate of drug-likeness (QED) is 0.708. The molecule has 1 amide bonds. The van der Waals surface area contributed by atoms with E-state index in [2.05, 4.69) is 27.0 Å². The van der Waals surface area contributed by atoms with E-state index in [4.69, 9.17) is 4.74 Å². The molecule has 1 N–H and O–H groups in total. The predicted octanol–water partition coefficient (Wildman–Crippen LogP) is 2.96. The summed E-state index contributed by atoms with van der Waals surface area (Å²) in [7, 11) is 0. The van der Waals surface area contributed by atoms with Gasteiger partial charge in [-0.3, -0.25) is 9.69 Å². The van der Waals surface area contributed by atoms with Crippen LogP contribution < -0.4 is 5.32 Å². The van der Waals surface area contributed by atoms with Crippen LogP contribution in [0.4, 0.5) is 5.69 Å². The number of anilines is 1. The van der Waals surface area contributed by atoms with Crippen LogP contribution in [0.2, 0.25) is 0 Å². The molecule has 1 aliphatic rings. The third-order valence-corrected chi connectivity index (χ3v) is 5.34. The molecule has 1 fully saturated rings. The lowest BCUT2D eigenvalue weighted by atomic mass is 10.1. The number of aryl methyl sites for hydroxylation is 1. The summed E-state index contributed by atoms with van der Waals surface area (Å²) in [6, 6.07) is 11.0. The third kappa shape index (κ3) is 5.64. The minimum absolute atomic E-state index is 0.262. The van der Waals surface area contributed by atoms with E-state index in [0.29, 0.717) is 23.6 Å². The van der Waals surface area contributed by atoms with Gasteiger partial charge in [0.2, 0.25) is 0 Å². The van der Waals surface area contributed by atoms with E-state index >= 15 is 0 Å². The Hall–Kier alpha value is -2.77. The van der Waals surface area contributed by atoms with Crippen molar-refractivity contribution in [2.75, 3.05) is 44.6 Å². The van der Waals surface area contributed by atoms with Crippen LogP contribution in [-0.4, -0.2) is 66.0 Å². The summed E-state index contributed by atoms with van der Waals surface area (Å²) in [4.78, 5) is 33.6. The van der Waals surface area contributed by atoms with Crippen LogP contribution in [0.3, 0.4) is 0 Å². The Morgan fingerprint density at radius 1 is 1.00 bits per heavy atom. The zero-order valence-corrected chi connectivity index (χ0v) is 18.0. The Morgan fingerprint density at radius 2 is 1.67 bits per heavy atom. The minimum atomic E-state index is -0.429. The number of piperazine rings is 1. The number of rotatable bonds is 7. The summed E-state index contributed by atoms with van der Waals surface area (Å²) < 4.78 is 5.00. The number of likely N-dealkylation sites (N-methyl/N-ethyl adjacent to an activating group) is 1. The molecule has 2 aromatic rings. The molecule has 1 aromatic heterocycles. The largest absolute Gasteiger partial charge is 0.462 e. The lowest BCUT2D eigenvalue weighted by Crippen LogP contribution is -2.45. The first-order valence-corrected chi connectivity index (χ1v) is 10.5. The monoisotopic (exact) mass is 410 g/mol. The van der Waals surface area contributed by atoms with E-state index in [9.17, 15) is 9.59 Å². The molecule has 0 saturated carbocycles. The maximum Gasteiger partial charge on any atom is 0.339 e. The molecule has 3 rings (SSSR count). The third-order valence-electron chi connectivity index (χ3n) is 5.34. The molecule has 2 heterocycles. The van der Waals surface area contributed by atoms with Crippen molar-refractivity contribution >= 4 is 17.6 Å². The van der Waals surface area contributed by atoms with Crippen molar-refractivity contribution in [3.8, 4) is 0 Å². The molecule has 7 heteroatoms. The van der Waals surface area contributed by atoms with Crippen molar-refractivity contribution in [1.29, 1.82) is 0 Å². The van der Waals surface area contributed by atoms with E-state index in [-0.39, 0.29) is 11.6 Å². The number of esters is 1. The molecule has 160 valence electrons. The molecule has 0 atom stereocenters. The number of pyridine rings is 1. The maximum atomic E-state index is 12.5. The molecule has 7 nitrogen and oxygen atoms in total. The highest BCUT2D eigenvalue weighted by atomic mass is 16.5. The molecule has 30 heavy (non-hydrogen) atoms. The van der Waals surface area contributed by atoms with Gasteiger partial charge in [-0.15, -0.1) is 0 Å². The number of carbonyl (C=O) groups is 2. The fourth-order valence-electron chi connectivity index (χ4n) is 3.52. The molecule has 1 aliphatic heterocycles. The molecule has 1 aromatic carbocycles. The van der Waals surface area contributed by atoms with Gasteiger partial charge in [0, 0.05) is 38.4 Å². The smallest absolute Gasteiger partial charge is 0.339 e. The standard InChI is InChI=1S/C23H30N4O3/c1-4-26-12-14-27(15-13-26)16-18-6-8-19(9-7-18)25-22(28)21-11-10-20(17(3)24-21)23(29)30-5-2/h6-11H,4-5,12-16H2,1-3H3,(H,25,28). The highest BCUT2D eigenvalue weighted by Gasteiger charge is 2.16. The van der Waals surface area contributed by atoms with Crippen LogP contribution in [0.25, 0.3) is 0 Å². The highest BCUT2D eigenvalue weighted by molar-refractivity contribution is 6.03. The summed E-state index contributed by atoms with van der Waals surface area (Å²) >= 11 is 0. The summed E-state index contributed by atoms with van der Waals surface area (Å²) in [5.74, 6) is -0.738. The number of ether oxygens (including phenoxy) is 1. The van der Waals surface area contributed by atoms with Gasteiger partial charge in [-0.2, -0.15) is 0 Å². The van der Waals surface area contributed by atoms with Gasteiger partial charge in [0.25, 0.3) is 5.91 Å². The molecule has 1 saturated heterocycles. The summed E-state index contributed by atoms with van der Waals surface area (Å²) in [6.07, 6.45) is 0. The van der Waals surface area contributed by atoms with E-state index in [1.807, 2.05) is 24.3 Å². The van der Waals surface area contributed by atoms with Crippen LogP contribution in [0.5, 0.6) is 0 Å². The second-order valence-corrected chi connectivity index (χ2v) is 7.41. The van der Waals surface area contributed by atoms with E-state index in [1.165, 1.54) is 5.56 Å². The molecule has 0 unspecified atom stereocenters. The number of aromatic nitrogens is 1. The van der Waals surface area contributed by atoms with Crippen molar-refractivity contribution in [2.45, 2.75) is 27.3 Å². The normalized spacial score (nSPS) is 15.0. The van der Waals surface area contributed by atoms with Crippen LogP contribution in [-0.2, 0) is 11.3 Å². The first-order valence-electron chi connectivity index (χ1n) is 10.5. The van der Waals surface area contributed by atoms with Gasteiger partial charge < -0.3 is 15.0 Å². The Bertz CT molecular complexity index is 875. The van der Waals surface area contributed by atoms with Gasteiger partial charge >= 0.3 is 5.97 Å². The lowest BCUT2D eigenvalue weighted by Gasteiger charge is -2.34. The average molecular weight is 411 g/mol. The van der Waals surface area contributed by atoms with Crippen LogP contribution in [0.15, 0.2) is 36.4 Å². The van der Waals surface area contributed by atoms with E-state index in [0.717, 1.165) is 39.3 Å². The Balaban J connectivity index is 1.57. The van der Waals surface area contributed by atoms with Crippen molar-refractivity contribution < 1.29 is 14.3 Å². The number of nitrogens with zero attached hydrogens (tertiary/aromatic N) is 3. The maximum absolute atomic E-state index is 12.5. The Kier molecular flexibility index (Phi) is 7.54. The van der Waals surface area contributed by atoms with Gasteiger partial charge in [0.05, 0.1) is 17.9 Å². The van der Waals surface area contributed by atoms with Gasteiger partial charge in [-0.05, 0) is 50.2 Å². The fourth-order valence-corrected chi connectivity index (χ4v) is 3.52. The SMILES string of the molecule is CCOC(=O)c1ccc(C(=O)Nc2ccc(CN3CCN(CC)CC3)cc2)nc1C. The minimum Gasteiger partial charge on any atom is -0.462 e. The van der Waals surface area contributed by atoms with Gasteiger partial charge in [-0.25, -0.2) is 9.78 Å². The first kappa shape index (κ1) is 21.9. The van der Waals surface area contributed by atoms with E-state index < -0.39 is 5.97 Å². The van der Waals surface area contributed by atoms with Crippen molar-refractivity contribution in [3.63, 3.8) is 0 Å². The van der Waals surface area contributed by atoms with Crippen molar-refractivity contribution in [1.82, 2.24) is 14.8 Å². The summed E-state index contributed by atoms with van der Waals surface area (Å²) in [6.45, 7) is 12.4. The molecule has 0 aliphatic carbocycles. The van der Waals surface area contributed by atoms with Gasteiger partial charge in [0.1, 0.15) is 5.69 Å². The Labute approximate surface area is 178 Å². The number of benzene rings is 1. The number of nitrogens with one attached hydrogen (secondary N) is 1. The lowest BCUT2D eigenvalue weighted by molar-refractivity contribution is 0.0524. The number of hydrogen-bond acceptors (Lipinski definition) is 6. The van der Waals surface area contributed by atoms with Crippen LogP contribution in [0.1, 0.15) is 46.0 Å².